The molecule has 2 amide bonds. The Labute approximate surface area is 99.0 Å². The Morgan fingerprint density at radius 3 is 2.76 bits per heavy atom. The number of aliphatic hydroxyl groups is 1. The highest BCUT2D eigenvalue weighted by molar-refractivity contribution is 5.89. The summed E-state index contributed by atoms with van der Waals surface area (Å²) >= 11 is 0. The Bertz CT molecular complexity index is 394. The normalized spacial score (nSPS) is 20.1. The third kappa shape index (κ3) is 3.17. The fourth-order valence-corrected chi connectivity index (χ4v) is 1.87. The first-order valence-electron chi connectivity index (χ1n) is 5.65. The summed E-state index contributed by atoms with van der Waals surface area (Å²) in [4.78, 5) is 13.4. The number of amides is 2. The predicted octanol–water partition coefficient (Wildman–Crippen LogP) is 1.81. The third-order valence-corrected chi connectivity index (χ3v) is 2.78. The SMILES string of the molecule is O=C(Nc1ccc(F)cc1)N1CCC[C@@H](O)C1. The van der Waals surface area contributed by atoms with Crippen molar-refractivity contribution >= 4 is 11.7 Å². The van der Waals surface area contributed by atoms with E-state index in [4.69, 9.17) is 0 Å². The number of rotatable bonds is 1. The lowest BCUT2D eigenvalue weighted by Gasteiger charge is -2.30. The smallest absolute Gasteiger partial charge is 0.321 e. The van der Waals surface area contributed by atoms with Crippen LogP contribution in [-0.2, 0) is 0 Å². The Morgan fingerprint density at radius 2 is 2.12 bits per heavy atom. The summed E-state index contributed by atoms with van der Waals surface area (Å²) in [5, 5.41) is 12.1. The van der Waals surface area contributed by atoms with Crippen LogP contribution in [0, 0.1) is 5.82 Å². The van der Waals surface area contributed by atoms with Gasteiger partial charge in [0.25, 0.3) is 0 Å². The third-order valence-electron chi connectivity index (χ3n) is 2.78. The van der Waals surface area contributed by atoms with Crippen molar-refractivity contribution in [3.8, 4) is 0 Å². The molecule has 2 rings (SSSR count). The minimum Gasteiger partial charge on any atom is -0.391 e. The maximum atomic E-state index is 12.7. The molecule has 0 bridgehead atoms. The molecular weight excluding hydrogens is 223 g/mol. The summed E-state index contributed by atoms with van der Waals surface area (Å²) in [6.07, 6.45) is 1.10. The number of aliphatic hydroxyl groups excluding tert-OH is 1. The van der Waals surface area contributed by atoms with E-state index in [0.29, 0.717) is 18.8 Å². The van der Waals surface area contributed by atoms with Gasteiger partial charge in [-0.3, -0.25) is 0 Å². The van der Waals surface area contributed by atoms with Crippen molar-refractivity contribution in [2.75, 3.05) is 18.4 Å². The Kier molecular flexibility index (Phi) is 3.58. The van der Waals surface area contributed by atoms with Gasteiger partial charge in [-0.25, -0.2) is 9.18 Å². The van der Waals surface area contributed by atoms with Crippen LogP contribution in [0.15, 0.2) is 24.3 Å². The van der Waals surface area contributed by atoms with Gasteiger partial charge < -0.3 is 15.3 Å². The van der Waals surface area contributed by atoms with Gasteiger partial charge in [0.2, 0.25) is 0 Å². The average Bonchev–Trinajstić information content (AvgIpc) is 2.32. The Morgan fingerprint density at radius 1 is 1.41 bits per heavy atom. The van der Waals surface area contributed by atoms with Crippen molar-refractivity contribution in [1.29, 1.82) is 0 Å². The molecule has 2 N–H and O–H groups in total. The summed E-state index contributed by atoms with van der Waals surface area (Å²) in [6, 6.07) is 5.35. The van der Waals surface area contributed by atoms with Crippen LogP contribution in [0.4, 0.5) is 14.9 Å². The van der Waals surface area contributed by atoms with Crippen molar-refractivity contribution in [3.63, 3.8) is 0 Å². The van der Waals surface area contributed by atoms with E-state index in [1.165, 1.54) is 24.3 Å². The fraction of sp³-hybridized carbons (Fsp3) is 0.417. The summed E-state index contributed by atoms with van der Waals surface area (Å²) in [5.41, 5.74) is 0.552. The summed E-state index contributed by atoms with van der Waals surface area (Å²) < 4.78 is 12.7. The highest BCUT2D eigenvalue weighted by Crippen LogP contribution is 2.13. The van der Waals surface area contributed by atoms with Crippen molar-refractivity contribution in [3.05, 3.63) is 30.1 Å². The van der Waals surface area contributed by atoms with Crippen LogP contribution in [0.25, 0.3) is 0 Å². The summed E-state index contributed by atoms with van der Waals surface area (Å²) in [5.74, 6) is -0.337. The first kappa shape index (κ1) is 11.9. The molecule has 1 aliphatic heterocycles. The van der Waals surface area contributed by atoms with E-state index in [1.807, 2.05) is 0 Å². The van der Waals surface area contributed by atoms with Crippen LogP contribution in [-0.4, -0.2) is 35.2 Å². The highest BCUT2D eigenvalue weighted by atomic mass is 19.1. The van der Waals surface area contributed by atoms with Gasteiger partial charge in [0.05, 0.1) is 6.10 Å². The number of carbonyl (C=O) groups excluding carboxylic acids is 1. The monoisotopic (exact) mass is 238 g/mol. The van der Waals surface area contributed by atoms with Crippen molar-refractivity contribution in [2.24, 2.45) is 0 Å². The molecule has 1 aliphatic rings. The molecule has 92 valence electrons. The van der Waals surface area contributed by atoms with Gasteiger partial charge in [-0.2, -0.15) is 0 Å². The van der Waals surface area contributed by atoms with Gasteiger partial charge in [0.15, 0.2) is 0 Å². The lowest BCUT2D eigenvalue weighted by atomic mass is 10.1. The number of hydrogen-bond acceptors (Lipinski definition) is 2. The maximum absolute atomic E-state index is 12.7. The van der Waals surface area contributed by atoms with Crippen LogP contribution in [0.1, 0.15) is 12.8 Å². The van der Waals surface area contributed by atoms with Gasteiger partial charge in [-0.05, 0) is 37.1 Å². The molecular formula is C12H15FN2O2. The molecule has 0 aliphatic carbocycles. The summed E-state index contributed by atoms with van der Waals surface area (Å²) in [7, 11) is 0. The molecule has 1 heterocycles. The number of likely N-dealkylation sites (tertiary alicyclic amines) is 1. The van der Waals surface area contributed by atoms with Crippen LogP contribution in [0.5, 0.6) is 0 Å². The van der Waals surface area contributed by atoms with E-state index in [-0.39, 0.29) is 11.8 Å². The van der Waals surface area contributed by atoms with Crippen LogP contribution in [0.3, 0.4) is 0 Å². The predicted molar refractivity (Wildman–Crippen MR) is 62.2 cm³/mol. The van der Waals surface area contributed by atoms with E-state index in [9.17, 15) is 14.3 Å². The van der Waals surface area contributed by atoms with E-state index in [1.54, 1.807) is 4.90 Å². The standard InChI is InChI=1S/C12H15FN2O2/c13-9-3-5-10(6-4-9)14-12(17)15-7-1-2-11(16)8-15/h3-6,11,16H,1-2,7-8H2,(H,14,17)/t11-/m1/s1. The zero-order valence-corrected chi connectivity index (χ0v) is 9.40. The zero-order valence-electron chi connectivity index (χ0n) is 9.40. The van der Waals surface area contributed by atoms with Gasteiger partial charge in [-0.15, -0.1) is 0 Å². The second kappa shape index (κ2) is 5.14. The van der Waals surface area contributed by atoms with E-state index in [2.05, 4.69) is 5.32 Å². The van der Waals surface area contributed by atoms with Crippen molar-refractivity contribution in [1.82, 2.24) is 4.90 Å². The number of β-amino-alcohol motifs (C(OH)–C–C–N with tert-alkyl or cyclic N) is 1. The quantitative estimate of drug-likeness (QED) is 0.784. The number of urea groups is 1. The van der Waals surface area contributed by atoms with Gasteiger partial charge in [0, 0.05) is 18.8 Å². The molecule has 4 nitrogen and oxygen atoms in total. The lowest BCUT2D eigenvalue weighted by Crippen LogP contribution is -2.44. The number of piperidine rings is 1. The lowest BCUT2D eigenvalue weighted by molar-refractivity contribution is 0.0883. The number of nitrogens with one attached hydrogen (secondary N) is 1. The topological polar surface area (TPSA) is 52.6 Å². The van der Waals surface area contributed by atoms with Crippen molar-refractivity contribution in [2.45, 2.75) is 18.9 Å². The largest absolute Gasteiger partial charge is 0.391 e. The van der Waals surface area contributed by atoms with E-state index < -0.39 is 6.10 Å². The minimum absolute atomic E-state index is 0.254. The van der Waals surface area contributed by atoms with E-state index >= 15 is 0 Å². The van der Waals surface area contributed by atoms with Gasteiger partial charge in [0.1, 0.15) is 5.82 Å². The molecule has 5 heteroatoms. The Hall–Kier alpha value is -1.62. The molecule has 0 saturated carbocycles. The Balaban J connectivity index is 1.94. The molecule has 1 atom stereocenters. The number of halogens is 1. The number of nitrogens with zero attached hydrogens (tertiary/aromatic N) is 1. The van der Waals surface area contributed by atoms with Crippen LogP contribution >= 0.6 is 0 Å². The average molecular weight is 238 g/mol. The van der Waals surface area contributed by atoms with Gasteiger partial charge in [-0.1, -0.05) is 0 Å². The number of anilines is 1. The molecule has 1 fully saturated rings. The number of benzene rings is 1. The minimum atomic E-state index is -0.442. The van der Waals surface area contributed by atoms with Gasteiger partial charge >= 0.3 is 6.03 Å². The molecule has 1 aromatic rings. The molecule has 1 aromatic carbocycles. The second-order valence-electron chi connectivity index (χ2n) is 4.18. The second-order valence-corrected chi connectivity index (χ2v) is 4.18. The molecule has 0 radical (unpaired) electrons. The molecule has 0 spiro atoms. The molecule has 0 aromatic heterocycles. The zero-order chi connectivity index (χ0) is 12.3. The summed E-state index contributed by atoms with van der Waals surface area (Å²) in [6.45, 7) is 0.997. The molecule has 0 unspecified atom stereocenters. The fourth-order valence-electron chi connectivity index (χ4n) is 1.87. The van der Waals surface area contributed by atoms with E-state index in [0.717, 1.165) is 12.8 Å². The first-order chi connectivity index (χ1) is 8.15. The van der Waals surface area contributed by atoms with Crippen molar-refractivity contribution < 1.29 is 14.3 Å². The van der Waals surface area contributed by atoms with Crippen LogP contribution < -0.4 is 5.32 Å². The highest BCUT2D eigenvalue weighted by Gasteiger charge is 2.21. The van der Waals surface area contributed by atoms with Crippen LogP contribution in [0.2, 0.25) is 0 Å². The molecule has 17 heavy (non-hydrogen) atoms. The maximum Gasteiger partial charge on any atom is 0.321 e. The molecule has 1 saturated heterocycles. The number of carbonyl (C=O) groups is 1. The first-order valence-corrected chi connectivity index (χ1v) is 5.65. The number of hydrogen-bond donors (Lipinski definition) is 2.